The van der Waals surface area contributed by atoms with Crippen LogP contribution >= 0.6 is 0 Å². The third kappa shape index (κ3) is 3.45. The van der Waals surface area contributed by atoms with Gasteiger partial charge in [0.2, 0.25) is 11.9 Å². The van der Waals surface area contributed by atoms with Crippen molar-refractivity contribution < 1.29 is 4.79 Å². The largest absolute Gasteiger partial charge is 0.348 e. The Hall–Kier alpha value is -2.69. The van der Waals surface area contributed by atoms with Crippen LogP contribution in [-0.2, 0) is 4.79 Å². The minimum absolute atomic E-state index is 0.0332. The number of amides is 1. The van der Waals surface area contributed by atoms with Crippen molar-refractivity contribution in [2.75, 3.05) is 18.4 Å². The first kappa shape index (κ1) is 13.3. The van der Waals surface area contributed by atoms with E-state index in [1.807, 2.05) is 36.4 Å². The number of nitrogens with one attached hydrogen (secondary N) is 1. The summed E-state index contributed by atoms with van der Waals surface area (Å²) in [5, 5.41) is 3.20. The van der Waals surface area contributed by atoms with E-state index in [-0.39, 0.29) is 11.9 Å². The van der Waals surface area contributed by atoms with Crippen molar-refractivity contribution in [3.8, 4) is 0 Å². The lowest BCUT2D eigenvalue weighted by Gasteiger charge is -2.38. The molecule has 0 atom stereocenters. The van der Waals surface area contributed by atoms with Crippen LogP contribution in [0.4, 0.5) is 5.95 Å². The highest BCUT2D eigenvalue weighted by Crippen LogP contribution is 2.13. The second kappa shape index (κ2) is 6.17. The molecule has 3 rings (SSSR count). The molecule has 1 aromatic heterocycles. The summed E-state index contributed by atoms with van der Waals surface area (Å²) in [6.45, 7) is 1.35. The van der Waals surface area contributed by atoms with Gasteiger partial charge < -0.3 is 10.2 Å². The summed E-state index contributed by atoms with van der Waals surface area (Å²) in [6, 6.07) is 11.8. The van der Waals surface area contributed by atoms with Crippen LogP contribution in [0, 0.1) is 0 Å². The zero-order valence-corrected chi connectivity index (χ0v) is 11.5. The molecule has 2 aromatic rings. The normalized spacial score (nSPS) is 15.0. The molecular formula is C16H16N4O. The van der Waals surface area contributed by atoms with E-state index in [1.165, 1.54) is 0 Å². The van der Waals surface area contributed by atoms with Crippen LogP contribution in [0.25, 0.3) is 6.08 Å². The van der Waals surface area contributed by atoms with E-state index in [0.29, 0.717) is 19.0 Å². The van der Waals surface area contributed by atoms with Crippen LogP contribution in [-0.4, -0.2) is 39.9 Å². The molecule has 1 N–H and O–H groups in total. The van der Waals surface area contributed by atoms with Gasteiger partial charge in [0.15, 0.2) is 0 Å². The Morgan fingerprint density at radius 3 is 2.57 bits per heavy atom. The van der Waals surface area contributed by atoms with Crippen LogP contribution < -0.4 is 5.32 Å². The van der Waals surface area contributed by atoms with Gasteiger partial charge >= 0.3 is 0 Å². The molecule has 0 saturated carbocycles. The van der Waals surface area contributed by atoms with Crippen LogP contribution in [0.3, 0.4) is 0 Å². The lowest BCUT2D eigenvalue weighted by molar-refractivity contribution is -0.129. The predicted molar refractivity (Wildman–Crippen MR) is 81.5 cm³/mol. The minimum atomic E-state index is 0.0332. The summed E-state index contributed by atoms with van der Waals surface area (Å²) >= 11 is 0. The van der Waals surface area contributed by atoms with Crippen molar-refractivity contribution in [2.45, 2.75) is 6.04 Å². The molecule has 0 radical (unpaired) electrons. The lowest BCUT2D eigenvalue weighted by atomic mass is 10.1. The number of aromatic nitrogens is 2. The highest BCUT2D eigenvalue weighted by Gasteiger charge is 2.29. The highest BCUT2D eigenvalue weighted by atomic mass is 16.2. The maximum atomic E-state index is 12.0. The predicted octanol–water partition coefficient (Wildman–Crippen LogP) is 1.81. The van der Waals surface area contributed by atoms with Gasteiger partial charge in [-0.1, -0.05) is 30.3 Å². The number of hydrogen-bond donors (Lipinski definition) is 1. The van der Waals surface area contributed by atoms with Gasteiger partial charge in [-0.25, -0.2) is 9.97 Å². The maximum Gasteiger partial charge on any atom is 0.246 e. The Morgan fingerprint density at radius 1 is 1.14 bits per heavy atom. The molecular weight excluding hydrogens is 264 g/mol. The van der Waals surface area contributed by atoms with Crippen LogP contribution in [0.15, 0.2) is 54.9 Å². The summed E-state index contributed by atoms with van der Waals surface area (Å²) in [6.07, 6.45) is 6.84. The molecule has 106 valence electrons. The minimum Gasteiger partial charge on any atom is -0.348 e. The van der Waals surface area contributed by atoms with Gasteiger partial charge in [0.1, 0.15) is 0 Å². The molecule has 1 fully saturated rings. The van der Waals surface area contributed by atoms with Crippen molar-refractivity contribution in [1.82, 2.24) is 14.9 Å². The monoisotopic (exact) mass is 280 g/mol. The van der Waals surface area contributed by atoms with Gasteiger partial charge in [-0.15, -0.1) is 0 Å². The van der Waals surface area contributed by atoms with Gasteiger partial charge in [0, 0.05) is 31.6 Å². The van der Waals surface area contributed by atoms with Gasteiger partial charge in [0.25, 0.3) is 0 Å². The van der Waals surface area contributed by atoms with Gasteiger partial charge in [-0.3, -0.25) is 4.79 Å². The second-order valence-corrected chi connectivity index (χ2v) is 4.90. The van der Waals surface area contributed by atoms with Gasteiger partial charge in [-0.05, 0) is 17.7 Å². The van der Waals surface area contributed by atoms with E-state index in [9.17, 15) is 4.79 Å². The lowest BCUT2D eigenvalue weighted by Crippen LogP contribution is -2.56. The fourth-order valence-electron chi connectivity index (χ4n) is 2.14. The van der Waals surface area contributed by atoms with E-state index in [4.69, 9.17) is 0 Å². The van der Waals surface area contributed by atoms with Crippen molar-refractivity contribution in [1.29, 1.82) is 0 Å². The Morgan fingerprint density at radius 2 is 1.86 bits per heavy atom. The number of carbonyl (C=O) groups excluding carboxylic acids is 1. The van der Waals surface area contributed by atoms with E-state index >= 15 is 0 Å². The molecule has 1 amide bonds. The van der Waals surface area contributed by atoms with Crippen LogP contribution in [0.2, 0.25) is 0 Å². The van der Waals surface area contributed by atoms with Gasteiger partial charge in [-0.2, -0.15) is 0 Å². The maximum absolute atomic E-state index is 12.0. The van der Waals surface area contributed by atoms with Crippen LogP contribution in [0.1, 0.15) is 5.56 Å². The average molecular weight is 280 g/mol. The smallest absolute Gasteiger partial charge is 0.246 e. The molecule has 1 aromatic carbocycles. The summed E-state index contributed by atoms with van der Waals surface area (Å²) in [5.41, 5.74) is 1.03. The van der Waals surface area contributed by atoms with E-state index < -0.39 is 0 Å². The Bertz CT molecular complexity index is 621. The number of carbonyl (C=O) groups is 1. The number of nitrogens with zero attached hydrogens (tertiary/aromatic N) is 3. The molecule has 0 bridgehead atoms. The van der Waals surface area contributed by atoms with Crippen molar-refractivity contribution in [3.63, 3.8) is 0 Å². The highest BCUT2D eigenvalue weighted by molar-refractivity contribution is 5.92. The first-order valence-corrected chi connectivity index (χ1v) is 6.87. The quantitative estimate of drug-likeness (QED) is 0.868. The molecule has 1 aliphatic rings. The fourth-order valence-corrected chi connectivity index (χ4v) is 2.14. The van der Waals surface area contributed by atoms with E-state index in [2.05, 4.69) is 15.3 Å². The van der Waals surface area contributed by atoms with Crippen LogP contribution in [0.5, 0.6) is 0 Å². The second-order valence-electron chi connectivity index (χ2n) is 4.90. The number of anilines is 1. The zero-order chi connectivity index (χ0) is 14.5. The number of likely N-dealkylation sites (tertiary alicyclic amines) is 1. The summed E-state index contributed by atoms with van der Waals surface area (Å²) in [4.78, 5) is 22.0. The van der Waals surface area contributed by atoms with Crippen molar-refractivity contribution >= 4 is 17.9 Å². The molecule has 0 spiro atoms. The Kier molecular flexibility index (Phi) is 3.91. The summed E-state index contributed by atoms with van der Waals surface area (Å²) < 4.78 is 0. The summed E-state index contributed by atoms with van der Waals surface area (Å²) in [7, 11) is 0. The average Bonchev–Trinajstić information content (AvgIpc) is 2.50. The van der Waals surface area contributed by atoms with Crippen molar-refractivity contribution in [3.05, 3.63) is 60.4 Å². The zero-order valence-electron chi connectivity index (χ0n) is 11.5. The summed E-state index contributed by atoms with van der Waals surface area (Å²) in [5.74, 6) is 0.639. The fraction of sp³-hybridized carbons (Fsp3) is 0.188. The van der Waals surface area contributed by atoms with Gasteiger partial charge in [0.05, 0.1) is 6.04 Å². The number of hydrogen-bond acceptors (Lipinski definition) is 4. The van der Waals surface area contributed by atoms with Crippen molar-refractivity contribution in [2.24, 2.45) is 0 Å². The molecule has 5 nitrogen and oxygen atoms in total. The molecule has 1 saturated heterocycles. The third-order valence-electron chi connectivity index (χ3n) is 3.31. The molecule has 2 heterocycles. The number of rotatable bonds is 4. The van der Waals surface area contributed by atoms with E-state index in [1.54, 1.807) is 29.4 Å². The van der Waals surface area contributed by atoms with E-state index in [0.717, 1.165) is 5.56 Å². The Labute approximate surface area is 123 Å². The topological polar surface area (TPSA) is 58.1 Å². The third-order valence-corrected chi connectivity index (χ3v) is 3.31. The Balaban J connectivity index is 1.48. The molecule has 21 heavy (non-hydrogen) atoms. The first-order chi connectivity index (χ1) is 10.3. The molecule has 5 heteroatoms. The SMILES string of the molecule is O=C(/C=C/c1ccccc1)N1CC(Nc2ncccn2)C1. The molecule has 0 aliphatic carbocycles. The first-order valence-electron chi connectivity index (χ1n) is 6.87. The standard InChI is InChI=1S/C16H16N4O/c21-15(8-7-13-5-2-1-3-6-13)20-11-14(12-20)19-16-17-9-4-10-18-16/h1-10,14H,11-12H2,(H,17,18,19)/b8-7+. The molecule has 1 aliphatic heterocycles. The number of benzene rings is 1. The molecule has 0 unspecified atom stereocenters.